The van der Waals surface area contributed by atoms with E-state index in [9.17, 15) is 8.78 Å². The summed E-state index contributed by atoms with van der Waals surface area (Å²) in [7, 11) is 2.05. The largest absolute Gasteiger partial charge is 0.206 e. The maximum atomic E-state index is 13.8. The molecule has 24 heavy (non-hydrogen) atoms. The SMILES string of the molecule is C=C(CCC(C)/C(C)=C/C=C([B]C)\C=C/C)c1c(F)cccc1F. The van der Waals surface area contributed by atoms with Crippen molar-refractivity contribution in [3.63, 3.8) is 0 Å². The predicted octanol–water partition coefficient (Wildman–Crippen LogP) is 6.55. The van der Waals surface area contributed by atoms with Crippen LogP contribution in [-0.2, 0) is 0 Å². The molecule has 1 aromatic rings. The molecule has 127 valence electrons. The smallest absolute Gasteiger partial charge is 0.148 e. The highest BCUT2D eigenvalue weighted by atomic mass is 19.1. The molecule has 0 heterocycles. The summed E-state index contributed by atoms with van der Waals surface area (Å²) in [6.07, 6.45) is 9.61. The third-order valence-electron chi connectivity index (χ3n) is 4.20. The lowest BCUT2D eigenvalue weighted by molar-refractivity contribution is 0.571. The molecule has 1 rings (SSSR count). The summed E-state index contributed by atoms with van der Waals surface area (Å²) in [4.78, 5) is 0. The van der Waals surface area contributed by atoms with E-state index in [4.69, 9.17) is 0 Å². The number of rotatable bonds is 8. The first kappa shape index (κ1) is 20.2. The molecule has 0 aliphatic rings. The lowest BCUT2D eigenvalue weighted by Crippen LogP contribution is -2.00. The Morgan fingerprint density at radius 2 is 1.88 bits per heavy atom. The second-order valence-corrected chi connectivity index (χ2v) is 6.01. The third-order valence-corrected chi connectivity index (χ3v) is 4.20. The van der Waals surface area contributed by atoms with E-state index in [1.807, 2.05) is 19.8 Å². The van der Waals surface area contributed by atoms with Gasteiger partial charge in [-0.05, 0) is 50.3 Å². The molecule has 3 heteroatoms. The number of hydrogen-bond acceptors (Lipinski definition) is 0. The van der Waals surface area contributed by atoms with Crippen LogP contribution in [0.1, 0.15) is 39.2 Å². The normalized spacial score (nSPS) is 14.1. The number of benzene rings is 1. The second kappa shape index (κ2) is 10.1. The highest BCUT2D eigenvalue weighted by molar-refractivity contribution is 6.44. The van der Waals surface area contributed by atoms with Crippen molar-refractivity contribution in [1.82, 2.24) is 0 Å². The fourth-order valence-electron chi connectivity index (χ4n) is 2.41. The first-order chi connectivity index (χ1) is 11.4. The van der Waals surface area contributed by atoms with Crippen LogP contribution in [0.2, 0.25) is 6.82 Å². The lowest BCUT2D eigenvalue weighted by Gasteiger charge is -2.14. The topological polar surface area (TPSA) is 0 Å². The number of allylic oxidation sites excluding steroid dienone is 7. The van der Waals surface area contributed by atoms with E-state index in [0.29, 0.717) is 17.9 Å². The summed E-state index contributed by atoms with van der Waals surface area (Å²) < 4.78 is 27.6. The van der Waals surface area contributed by atoms with Gasteiger partial charge in [0.25, 0.3) is 0 Å². The molecular weight excluding hydrogens is 301 g/mol. The zero-order valence-electron chi connectivity index (χ0n) is 15.1. The van der Waals surface area contributed by atoms with Gasteiger partial charge in [0.2, 0.25) is 0 Å². The van der Waals surface area contributed by atoms with Crippen molar-refractivity contribution in [1.29, 1.82) is 0 Å². The molecule has 0 nitrogen and oxygen atoms in total. The average Bonchev–Trinajstić information content (AvgIpc) is 2.55. The van der Waals surface area contributed by atoms with Gasteiger partial charge in [-0.3, -0.25) is 0 Å². The van der Waals surface area contributed by atoms with Gasteiger partial charge in [-0.15, -0.1) is 0 Å². The van der Waals surface area contributed by atoms with Crippen LogP contribution in [0.15, 0.2) is 60.1 Å². The molecule has 0 fully saturated rings. The highest BCUT2D eigenvalue weighted by Crippen LogP contribution is 2.27. The summed E-state index contributed by atoms with van der Waals surface area (Å²) in [5, 5.41) is 0. The molecule has 0 aliphatic carbocycles. The van der Waals surface area contributed by atoms with Gasteiger partial charge in [0.1, 0.15) is 18.9 Å². The van der Waals surface area contributed by atoms with Crippen molar-refractivity contribution in [2.45, 2.75) is 40.4 Å². The van der Waals surface area contributed by atoms with E-state index in [0.717, 1.165) is 11.9 Å². The Labute approximate surface area is 145 Å². The average molecular weight is 327 g/mol. The van der Waals surface area contributed by atoms with Gasteiger partial charge < -0.3 is 0 Å². The van der Waals surface area contributed by atoms with E-state index in [-0.39, 0.29) is 5.56 Å². The number of halogens is 2. The first-order valence-corrected chi connectivity index (χ1v) is 8.33. The molecule has 0 aromatic heterocycles. The Morgan fingerprint density at radius 3 is 2.42 bits per heavy atom. The molecular formula is C21H26BF2. The zero-order valence-corrected chi connectivity index (χ0v) is 15.1. The van der Waals surface area contributed by atoms with Crippen LogP contribution in [0.5, 0.6) is 0 Å². The van der Waals surface area contributed by atoms with E-state index >= 15 is 0 Å². The molecule has 0 N–H and O–H groups in total. The Morgan fingerprint density at radius 1 is 1.25 bits per heavy atom. The van der Waals surface area contributed by atoms with Crippen LogP contribution in [-0.4, -0.2) is 7.28 Å². The van der Waals surface area contributed by atoms with Crippen molar-refractivity contribution >= 4 is 12.9 Å². The lowest BCUT2D eigenvalue weighted by atomic mass is 9.72. The Hall–Kier alpha value is -1.90. The van der Waals surface area contributed by atoms with Crippen LogP contribution in [0.4, 0.5) is 8.78 Å². The van der Waals surface area contributed by atoms with E-state index < -0.39 is 11.6 Å². The van der Waals surface area contributed by atoms with E-state index in [2.05, 4.69) is 45.9 Å². The fourth-order valence-corrected chi connectivity index (χ4v) is 2.41. The van der Waals surface area contributed by atoms with Crippen LogP contribution >= 0.6 is 0 Å². The van der Waals surface area contributed by atoms with Crippen LogP contribution in [0.25, 0.3) is 5.57 Å². The molecule has 1 atom stereocenters. The minimum atomic E-state index is -0.544. The van der Waals surface area contributed by atoms with Crippen molar-refractivity contribution in [2.24, 2.45) is 5.92 Å². The van der Waals surface area contributed by atoms with Gasteiger partial charge in [-0.1, -0.05) is 61.7 Å². The van der Waals surface area contributed by atoms with Crippen molar-refractivity contribution in [2.75, 3.05) is 0 Å². The van der Waals surface area contributed by atoms with Crippen molar-refractivity contribution in [3.05, 3.63) is 77.3 Å². The summed E-state index contributed by atoms with van der Waals surface area (Å²) >= 11 is 0. The Kier molecular flexibility index (Phi) is 8.46. The third kappa shape index (κ3) is 5.95. The molecule has 0 aliphatic heterocycles. The first-order valence-electron chi connectivity index (χ1n) is 8.33. The molecule has 1 radical (unpaired) electrons. The van der Waals surface area contributed by atoms with Crippen molar-refractivity contribution in [3.8, 4) is 0 Å². The molecule has 0 bridgehead atoms. The van der Waals surface area contributed by atoms with Gasteiger partial charge >= 0.3 is 0 Å². The fraction of sp³-hybridized carbons (Fsp3) is 0.333. The highest BCUT2D eigenvalue weighted by Gasteiger charge is 2.13. The summed E-state index contributed by atoms with van der Waals surface area (Å²) in [5.41, 5.74) is 2.92. The van der Waals surface area contributed by atoms with Gasteiger partial charge in [0, 0.05) is 5.56 Å². The summed E-state index contributed by atoms with van der Waals surface area (Å²) in [6, 6.07) is 3.91. The maximum Gasteiger partial charge on any atom is 0.148 e. The molecule has 0 spiro atoms. The molecule has 1 aromatic carbocycles. The zero-order chi connectivity index (χ0) is 18.1. The summed E-state index contributed by atoms with van der Waals surface area (Å²) in [6.45, 7) is 12.1. The monoisotopic (exact) mass is 327 g/mol. The Balaban J connectivity index is 2.71. The molecule has 0 saturated carbocycles. The van der Waals surface area contributed by atoms with Crippen molar-refractivity contribution < 1.29 is 8.78 Å². The van der Waals surface area contributed by atoms with Crippen LogP contribution in [0.3, 0.4) is 0 Å². The molecule has 0 amide bonds. The van der Waals surface area contributed by atoms with E-state index in [1.54, 1.807) is 0 Å². The van der Waals surface area contributed by atoms with Gasteiger partial charge in [-0.25, -0.2) is 8.78 Å². The molecule has 0 saturated heterocycles. The van der Waals surface area contributed by atoms with Crippen LogP contribution in [0, 0.1) is 17.6 Å². The second-order valence-electron chi connectivity index (χ2n) is 6.01. The molecule has 1 unspecified atom stereocenters. The van der Waals surface area contributed by atoms with Gasteiger partial charge in [0.05, 0.1) is 0 Å². The van der Waals surface area contributed by atoms with Gasteiger partial charge in [-0.2, -0.15) is 0 Å². The standard InChI is InChI=1S/C21H26BF2/c1-6-8-18(22-5)14-13-16(3)15(2)11-12-17(4)21-19(23)9-7-10-20(21)24/h6-10,13-15H,4,11-12H2,1-3,5H3/b8-6-,16-13+,18-14+. The minimum absolute atomic E-state index is 0.0159. The number of hydrogen-bond donors (Lipinski definition) is 0. The summed E-state index contributed by atoms with van der Waals surface area (Å²) in [5.74, 6) is -0.772. The maximum absolute atomic E-state index is 13.8. The van der Waals surface area contributed by atoms with Crippen LogP contribution < -0.4 is 0 Å². The van der Waals surface area contributed by atoms with Gasteiger partial charge in [0.15, 0.2) is 0 Å². The minimum Gasteiger partial charge on any atom is -0.206 e. The Bertz CT molecular complexity index is 634. The van der Waals surface area contributed by atoms with E-state index in [1.165, 1.54) is 23.8 Å². The predicted molar refractivity (Wildman–Crippen MR) is 102 cm³/mol. The quantitative estimate of drug-likeness (QED) is 0.375.